The van der Waals surface area contributed by atoms with E-state index in [2.05, 4.69) is 5.32 Å². The van der Waals surface area contributed by atoms with Crippen molar-refractivity contribution in [3.8, 4) is 0 Å². The van der Waals surface area contributed by atoms with E-state index in [9.17, 15) is 22.4 Å². The number of para-hydroxylation sites is 1. The third-order valence-corrected chi connectivity index (χ3v) is 6.47. The van der Waals surface area contributed by atoms with E-state index in [1.165, 1.54) is 18.2 Å². The molecule has 34 heavy (non-hydrogen) atoms. The lowest BCUT2D eigenvalue weighted by atomic mass is 10.1. The van der Waals surface area contributed by atoms with Crippen LogP contribution in [0, 0.1) is 5.82 Å². The summed E-state index contributed by atoms with van der Waals surface area (Å²) >= 11 is 0. The zero-order chi connectivity index (χ0) is 25.3. The molecule has 0 saturated heterocycles. The second-order valence-electron chi connectivity index (χ2n) is 8.48. The normalized spacial score (nSPS) is 12.3. The third-order valence-electron chi connectivity index (χ3n) is 5.29. The Hall–Kier alpha value is -2.94. The van der Waals surface area contributed by atoms with Crippen molar-refractivity contribution in [2.24, 2.45) is 0 Å². The summed E-state index contributed by atoms with van der Waals surface area (Å²) in [5.74, 6) is -1.15. The van der Waals surface area contributed by atoms with E-state index in [0.717, 1.165) is 16.1 Å². The first-order valence-corrected chi connectivity index (χ1v) is 13.3. The lowest BCUT2D eigenvalue weighted by molar-refractivity contribution is -0.141. The van der Waals surface area contributed by atoms with Crippen molar-refractivity contribution in [2.45, 2.75) is 58.7 Å². The van der Waals surface area contributed by atoms with Gasteiger partial charge < -0.3 is 10.2 Å². The molecule has 0 aromatic heterocycles. The monoisotopic (exact) mass is 491 g/mol. The topological polar surface area (TPSA) is 86.8 Å². The number of nitrogens with one attached hydrogen (secondary N) is 1. The van der Waals surface area contributed by atoms with Crippen LogP contribution in [-0.2, 0) is 26.2 Å². The first-order chi connectivity index (χ1) is 16.0. The Bertz CT molecular complexity index is 1060. The van der Waals surface area contributed by atoms with Gasteiger partial charge in [-0.1, -0.05) is 49.4 Å². The van der Waals surface area contributed by atoms with Gasteiger partial charge in [0.1, 0.15) is 11.9 Å². The minimum atomic E-state index is -3.75. The Balaban J connectivity index is 2.20. The first-order valence-electron chi connectivity index (χ1n) is 11.4. The highest BCUT2D eigenvalue weighted by atomic mass is 32.2. The molecule has 9 heteroatoms. The minimum Gasteiger partial charge on any atom is -0.352 e. The molecule has 2 amide bonds. The number of hydrogen-bond donors (Lipinski definition) is 1. The van der Waals surface area contributed by atoms with Crippen molar-refractivity contribution in [1.29, 1.82) is 0 Å². The molecule has 0 aliphatic rings. The molecule has 0 fully saturated rings. The van der Waals surface area contributed by atoms with Gasteiger partial charge in [-0.3, -0.25) is 13.9 Å². The average Bonchev–Trinajstić information content (AvgIpc) is 2.76. The van der Waals surface area contributed by atoms with Crippen LogP contribution in [0.25, 0.3) is 0 Å². The summed E-state index contributed by atoms with van der Waals surface area (Å²) in [5.41, 5.74) is 0.831. The SMILES string of the molecule is CC[C@@H](C(=O)NC(C)C)N(Cc1ccccc1)C(=O)CCCN(c1ccccc1F)S(C)(=O)=O. The van der Waals surface area contributed by atoms with Gasteiger partial charge in [-0.25, -0.2) is 12.8 Å². The van der Waals surface area contributed by atoms with E-state index in [1.54, 1.807) is 11.0 Å². The smallest absolute Gasteiger partial charge is 0.243 e. The molecule has 2 aromatic rings. The number of anilines is 1. The summed E-state index contributed by atoms with van der Waals surface area (Å²) in [6.45, 7) is 5.76. The molecule has 0 spiro atoms. The number of hydrogen-bond acceptors (Lipinski definition) is 4. The molecule has 0 bridgehead atoms. The summed E-state index contributed by atoms with van der Waals surface area (Å²) in [6.07, 6.45) is 1.63. The van der Waals surface area contributed by atoms with Gasteiger partial charge in [-0.15, -0.1) is 0 Å². The maximum Gasteiger partial charge on any atom is 0.243 e. The van der Waals surface area contributed by atoms with Gasteiger partial charge in [0.15, 0.2) is 0 Å². The molecule has 0 unspecified atom stereocenters. The number of rotatable bonds is 12. The van der Waals surface area contributed by atoms with Crippen LogP contribution >= 0.6 is 0 Å². The van der Waals surface area contributed by atoms with E-state index in [-0.39, 0.29) is 49.5 Å². The van der Waals surface area contributed by atoms with Gasteiger partial charge in [-0.2, -0.15) is 0 Å². The molecule has 0 aliphatic heterocycles. The quantitative estimate of drug-likeness (QED) is 0.491. The zero-order valence-corrected chi connectivity index (χ0v) is 21.0. The van der Waals surface area contributed by atoms with Crippen molar-refractivity contribution < 1.29 is 22.4 Å². The number of carbonyl (C=O) groups excluding carboxylic acids is 2. The third kappa shape index (κ3) is 7.83. The predicted octanol–water partition coefficient (Wildman–Crippen LogP) is 3.70. The molecule has 2 rings (SSSR count). The highest BCUT2D eigenvalue weighted by Gasteiger charge is 2.29. The van der Waals surface area contributed by atoms with Crippen LogP contribution in [0.1, 0.15) is 45.6 Å². The van der Waals surface area contributed by atoms with Crippen LogP contribution in [0.5, 0.6) is 0 Å². The van der Waals surface area contributed by atoms with Crippen LogP contribution in [0.4, 0.5) is 10.1 Å². The molecule has 1 N–H and O–H groups in total. The Kier molecular flexibility index (Phi) is 10.0. The summed E-state index contributed by atoms with van der Waals surface area (Å²) in [6, 6.07) is 14.3. The van der Waals surface area contributed by atoms with Crippen LogP contribution in [0.15, 0.2) is 54.6 Å². The van der Waals surface area contributed by atoms with E-state index >= 15 is 0 Å². The van der Waals surface area contributed by atoms with E-state index in [0.29, 0.717) is 6.42 Å². The van der Waals surface area contributed by atoms with Crippen molar-refractivity contribution >= 4 is 27.5 Å². The number of amides is 2. The standard InChI is InChI=1S/C25H34FN3O4S/c1-5-22(25(31)27-19(2)3)28(18-20-12-7-6-8-13-20)24(30)16-11-17-29(34(4,32)33)23-15-10-9-14-21(23)26/h6-10,12-15,19,22H,5,11,16-18H2,1-4H3,(H,27,31)/t22-/m0/s1. The maximum atomic E-state index is 14.2. The fraction of sp³-hybridized carbons (Fsp3) is 0.440. The molecule has 186 valence electrons. The largest absolute Gasteiger partial charge is 0.352 e. The molecule has 0 heterocycles. The number of benzene rings is 2. The summed E-state index contributed by atoms with van der Waals surface area (Å²) in [4.78, 5) is 27.6. The van der Waals surface area contributed by atoms with Gasteiger partial charge in [0, 0.05) is 25.6 Å². The number of nitrogens with zero attached hydrogens (tertiary/aromatic N) is 2. The highest BCUT2D eigenvalue weighted by molar-refractivity contribution is 7.92. The molecule has 0 saturated carbocycles. The lowest BCUT2D eigenvalue weighted by Crippen LogP contribution is -2.50. The van der Waals surface area contributed by atoms with E-state index < -0.39 is 21.9 Å². The Labute approximate surface area is 202 Å². The molecular formula is C25H34FN3O4S. The lowest BCUT2D eigenvalue weighted by Gasteiger charge is -2.31. The van der Waals surface area contributed by atoms with Gasteiger partial charge in [-0.05, 0) is 44.4 Å². The van der Waals surface area contributed by atoms with Crippen LogP contribution in [-0.4, -0.2) is 50.0 Å². The maximum absolute atomic E-state index is 14.2. The highest BCUT2D eigenvalue weighted by Crippen LogP contribution is 2.22. The van der Waals surface area contributed by atoms with E-state index in [1.807, 2.05) is 51.1 Å². The molecule has 1 atom stereocenters. The van der Waals surface area contributed by atoms with Crippen molar-refractivity contribution in [3.05, 3.63) is 66.0 Å². The molecule has 0 radical (unpaired) electrons. The minimum absolute atomic E-state index is 0.0127. The predicted molar refractivity (Wildman–Crippen MR) is 132 cm³/mol. The number of halogens is 1. The second-order valence-corrected chi connectivity index (χ2v) is 10.4. The molecule has 7 nitrogen and oxygen atoms in total. The van der Waals surface area contributed by atoms with Crippen LogP contribution < -0.4 is 9.62 Å². The van der Waals surface area contributed by atoms with Gasteiger partial charge in [0.05, 0.1) is 11.9 Å². The fourth-order valence-corrected chi connectivity index (χ4v) is 4.68. The van der Waals surface area contributed by atoms with E-state index in [4.69, 9.17) is 0 Å². The van der Waals surface area contributed by atoms with Crippen molar-refractivity contribution in [1.82, 2.24) is 10.2 Å². The Morgan fingerprint density at radius 1 is 1.03 bits per heavy atom. The van der Waals surface area contributed by atoms with Crippen molar-refractivity contribution in [3.63, 3.8) is 0 Å². The summed E-state index contributed by atoms with van der Waals surface area (Å²) < 4.78 is 39.8. The molecular weight excluding hydrogens is 457 g/mol. The van der Waals surface area contributed by atoms with Gasteiger partial charge >= 0.3 is 0 Å². The number of carbonyl (C=O) groups is 2. The average molecular weight is 492 g/mol. The summed E-state index contributed by atoms with van der Waals surface area (Å²) in [5, 5.41) is 2.87. The van der Waals surface area contributed by atoms with Crippen LogP contribution in [0.2, 0.25) is 0 Å². The zero-order valence-electron chi connectivity index (χ0n) is 20.2. The summed E-state index contributed by atoms with van der Waals surface area (Å²) in [7, 11) is -3.75. The Morgan fingerprint density at radius 2 is 1.65 bits per heavy atom. The molecule has 2 aromatic carbocycles. The number of sulfonamides is 1. The molecule has 0 aliphatic carbocycles. The second kappa shape index (κ2) is 12.5. The van der Waals surface area contributed by atoms with Crippen LogP contribution in [0.3, 0.4) is 0 Å². The fourth-order valence-electron chi connectivity index (χ4n) is 3.72. The van der Waals surface area contributed by atoms with Gasteiger partial charge in [0.2, 0.25) is 21.8 Å². The van der Waals surface area contributed by atoms with Gasteiger partial charge in [0.25, 0.3) is 0 Å². The Morgan fingerprint density at radius 3 is 2.21 bits per heavy atom. The van der Waals surface area contributed by atoms with Crippen molar-refractivity contribution in [2.75, 3.05) is 17.1 Å². The first kappa shape index (κ1) is 27.3.